The predicted molar refractivity (Wildman–Crippen MR) is 86.2 cm³/mol. The van der Waals surface area contributed by atoms with E-state index in [9.17, 15) is 9.90 Å². The summed E-state index contributed by atoms with van der Waals surface area (Å²) in [7, 11) is 1.74. The molecule has 2 rings (SSSR count). The lowest BCUT2D eigenvalue weighted by Gasteiger charge is -2.29. The average Bonchev–Trinajstić information content (AvgIpc) is 2.80. The summed E-state index contributed by atoms with van der Waals surface area (Å²) in [5.74, 6) is -0.149. The number of halogens is 1. The van der Waals surface area contributed by atoms with Crippen LogP contribution in [-0.4, -0.2) is 58.0 Å². The normalized spacial score (nSPS) is 16.9. The van der Waals surface area contributed by atoms with E-state index in [4.69, 9.17) is 11.6 Å². The Kier molecular flexibility index (Phi) is 6.23. The Morgan fingerprint density at radius 1 is 1.45 bits per heavy atom. The number of aliphatic hydroxyl groups excluding tert-OH is 1. The number of likely N-dealkylation sites (tertiary alicyclic amines) is 1. The van der Waals surface area contributed by atoms with E-state index in [1.165, 1.54) is 4.68 Å². The average molecular weight is 329 g/mol. The molecule has 0 atom stereocenters. The van der Waals surface area contributed by atoms with E-state index in [1.807, 2.05) is 6.92 Å². The van der Waals surface area contributed by atoms with Crippen LogP contribution in [-0.2, 0) is 13.5 Å². The number of hydrogen-bond donors (Lipinski definition) is 2. The van der Waals surface area contributed by atoms with Crippen molar-refractivity contribution in [3.05, 3.63) is 16.4 Å². The minimum atomic E-state index is -0.149. The van der Waals surface area contributed by atoms with Crippen LogP contribution < -0.4 is 5.32 Å². The van der Waals surface area contributed by atoms with Gasteiger partial charge >= 0.3 is 0 Å². The highest BCUT2D eigenvalue weighted by Gasteiger charge is 2.20. The van der Waals surface area contributed by atoms with Gasteiger partial charge in [-0.15, -0.1) is 0 Å². The first-order valence-corrected chi connectivity index (χ1v) is 8.30. The van der Waals surface area contributed by atoms with Crippen molar-refractivity contribution in [1.82, 2.24) is 20.0 Å². The number of aliphatic hydroxyl groups is 1. The van der Waals surface area contributed by atoms with Crippen molar-refractivity contribution in [2.24, 2.45) is 7.05 Å². The van der Waals surface area contributed by atoms with Gasteiger partial charge in [0.05, 0.1) is 17.4 Å². The van der Waals surface area contributed by atoms with Crippen LogP contribution in [0.15, 0.2) is 0 Å². The lowest BCUT2D eigenvalue weighted by atomic mass is 10.1. The Hall–Kier alpha value is -1.11. The van der Waals surface area contributed by atoms with Gasteiger partial charge in [0.1, 0.15) is 5.15 Å². The van der Waals surface area contributed by atoms with Crippen molar-refractivity contribution in [2.75, 3.05) is 26.2 Å². The van der Waals surface area contributed by atoms with Crippen LogP contribution in [0.4, 0.5) is 0 Å². The molecule has 2 N–H and O–H groups in total. The summed E-state index contributed by atoms with van der Waals surface area (Å²) in [6.45, 7) is 5.38. The van der Waals surface area contributed by atoms with Crippen molar-refractivity contribution in [3.8, 4) is 0 Å². The number of carbonyl (C=O) groups is 1. The zero-order valence-electron chi connectivity index (χ0n) is 13.3. The lowest BCUT2D eigenvalue weighted by molar-refractivity contribution is 0.0816. The molecular formula is C15H25ClN4O2. The number of nitrogens with one attached hydrogen (secondary N) is 1. The molecule has 124 valence electrons. The summed E-state index contributed by atoms with van der Waals surface area (Å²) >= 11 is 6.14. The SMILES string of the molecule is CCc1nn(C)c(Cl)c1C(=O)NCCCN1CCC(O)CC1. The highest BCUT2D eigenvalue weighted by molar-refractivity contribution is 6.33. The van der Waals surface area contributed by atoms with Crippen molar-refractivity contribution in [2.45, 2.75) is 38.7 Å². The molecule has 0 aromatic carbocycles. The Balaban J connectivity index is 1.76. The molecule has 1 aromatic rings. The number of carbonyl (C=O) groups excluding carboxylic acids is 1. The molecule has 1 saturated heterocycles. The van der Waals surface area contributed by atoms with Crippen molar-refractivity contribution >= 4 is 17.5 Å². The Morgan fingerprint density at radius 2 is 2.14 bits per heavy atom. The number of nitrogens with zero attached hydrogens (tertiary/aromatic N) is 3. The van der Waals surface area contributed by atoms with Crippen LogP contribution in [0, 0.1) is 0 Å². The fourth-order valence-corrected chi connectivity index (χ4v) is 3.00. The van der Waals surface area contributed by atoms with Gasteiger partial charge in [-0.05, 0) is 32.2 Å². The molecule has 1 fully saturated rings. The van der Waals surface area contributed by atoms with Gasteiger partial charge in [0.15, 0.2) is 0 Å². The Bertz CT molecular complexity index is 510. The van der Waals surface area contributed by atoms with Gasteiger partial charge in [0.25, 0.3) is 5.91 Å². The van der Waals surface area contributed by atoms with E-state index in [-0.39, 0.29) is 12.0 Å². The topological polar surface area (TPSA) is 70.4 Å². The van der Waals surface area contributed by atoms with E-state index in [0.717, 1.165) is 44.6 Å². The van der Waals surface area contributed by atoms with Gasteiger partial charge < -0.3 is 15.3 Å². The lowest BCUT2D eigenvalue weighted by Crippen LogP contribution is -2.37. The molecule has 7 heteroatoms. The van der Waals surface area contributed by atoms with E-state index < -0.39 is 0 Å². The van der Waals surface area contributed by atoms with Crippen LogP contribution in [0.5, 0.6) is 0 Å². The third-order valence-corrected chi connectivity index (χ3v) is 4.54. The molecule has 1 aliphatic heterocycles. The highest BCUT2D eigenvalue weighted by Crippen LogP contribution is 2.19. The smallest absolute Gasteiger partial charge is 0.256 e. The van der Waals surface area contributed by atoms with Crippen LogP contribution in [0.3, 0.4) is 0 Å². The van der Waals surface area contributed by atoms with Gasteiger partial charge in [-0.25, -0.2) is 0 Å². The molecule has 0 saturated carbocycles. The molecule has 2 heterocycles. The first-order chi connectivity index (χ1) is 10.5. The molecule has 1 aliphatic rings. The van der Waals surface area contributed by atoms with Crippen LogP contribution >= 0.6 is 11.6 Å². The summed E-state index contributed by atoms with van der Waals surface area (Å²) in [6, 6.07) is 0. The van der Waals surface area contributed by atoms with Crippen LogP contribution in [0.1, 0.15) is 42.2 Å². The molecule has 0 radical (unpaired) electrons. The van der Waals surface area contributed by atoms with Crippen LogP contribution in [0.2, 0.25) is 5.15 Å². The first kappa shape index (κ1) is 17.2. The Morgan fingerprint density at radius 3 is 2.77 bits per heavy atom. The summed E-state index contributed by atoms with van der Waals surface area (Å²) < 4.78 is 1.54. The molecule has 0 spiro atoms. The first-order valence-electron chi connectivity index (χ1n) is 7.93. The Labute approximate surface area is 136 Å². The van der Waals surface area contributed by atoms with Gasteiger partial charge in [-0.3, -0.25) is 9.48 Å². The predicted octanol–water partition coefficient (Wildman–Crippen LogP) is 1.21. The molecular weight excluding hydrogens is 304 g/mol. The number of hydrogen-bond acceptors (Lipinski definition) is 4. The number of aryl methyl sites for hydroxylation is 2. The second kappa shape index (κ2) is 7.94. The third-order valence-electron chi connectivity index (χ3n) is 4.11. The zero-order valence-corrected chi connectivity index (χ0v) is 14.1. The maximum Gasteiger partial charge on any atom is 0.256 e. The molecule has 1 amide bonds. The summed E-state index contributed by atoms with van der Waals surface area (Å²) in [5.41, 5.74) is 1.22. The fraction of sp³-hybridized carbons (Fsp3) is 0.733. The van der Waals surface area contributed by atoms with E-state index >= 15 is 0 Å². The van der Waals surface area contributed by atoms with E-state index in [1.54, 1.807) is 7.05 Å². The minimum absolute atomic E-state index is 0.142. The molecule has 6 nitrogen and oxygen atoms in total. The summed E-state index contributed by atoms with van der Waals surface area (Å²) in [4.78, 5) is 14.6. The number of aromatic nitrogens is 2. The van der Waals surface area contributed by atoms with E-state index in [0.29, 0.717) is 23.7 Å². The van der Waals surface area contributed by atoms with Crippen LogP contribution in [0.25, 0.3) is 0 Å². The largest absolute Gasteiger partial charge is 0.393 e. The van der Waals surface area contributed by atoms with Crippen molar-refractivity contribution in [1.29, 1.82) is 0 Å². The van der Waals surface area contributed by atoms with E-state index in [2.05, 4.69) is 15.3 Å². The minimum Gasteiger partial charge on any atom is -0.393 e. The standard InChI is InChI=1S/C15H25ClN4O2/c1-3-12-13(14(16)19(2)18-12)15(22)17-7-4-8-20-9-5-11(21)6-10-20/h11,21H,3-10H2,1-2H3,(H,17,22). The highest BCUT2D eigenvalue weighted by atomic mass is 35.5. The second-order valence-corrected chi connectivity index (χ2v) is 6.13. The molecule has 0 unspecified atom stereocenters. The zero-order chi connectivity index (χ0) is 16.1. The summed E-state index contributed by atoms with van der Waals surface area (Å²) in [5, 5.41) is 17.0. The maximum atomic E-state index is 12.3. The number of amides is 1. The quantitative estimate of drug-likeness (QED) is 0.770. The second-order valence-electron chi connectivity index (χ2n) is 5.77. The van der Waals surface area contributed by atoms with Crippen molar-refractivity contribution in [3.63, 3.8) is 0 Å². The maximum absolute atomic E-state index is 12.3. The molecule has 0 aliphatic carbocycles. The number of piperidine rings is 1. The van der Waals surface area contributed by atoms with Gasteiger partial charge in [0.2, 0.25) is 0 Å². The van der Waals surface area contributed by atoms with Crippen molar-refractivity contribution < 1.29 is 9.90 Å². The van der Waals surface area contributed by atoms with Gasteiger partial charge in [0, 0.05) is 26.7 Å². The monoisotopic (exact) mass is 328 g/mol. The summed E-state index contributed by atoms with van der Waals surface area (Å²) in [6.07, 6.45) is 3.12. The number of rotatable bonds is 6. The molecule has 1 aromatic heterocycles. The van der Waals surface area contributed by atoms with Gasteiger partial charge in [-0.1, -0.05) is 18.5 Å². The van der Waals surface area contributed by atoms with Gasteiger partial charge in [-0.2, -0.15) is 5.10 Å². The third kappa shape index (κ3) is 4.21. The molecule has 22 heavy (non-hydrogen) atoms. The fourth-order valence-electron chi connectivity index (χ4n) is 2.76. The molecule has 0 bridgehead atoms.